The molecule has 2 aromatic rings. The third-order valence-corrected chi connectivity index (χ3v) is 6.18. The number of likely N-dealkylation sites (N-methyl/N-ethyl adjacent to an activating group) is 1. The maximum Gasteiger partial charge on any atom is 0.227 e. The van der Waals surface area contributed by atoms with Crippen molar-refractivity contribution in [2.24, 2.45) is 0 Å². The first-order valence-electron chi connectivity index (χ1n) is 9.85. The summed E-state index contributed by atoms with van der Waals surface area (Å²) in [6.45, 7) is 1.87. The summed E-state index contributed by atoms with van der Waals surface area (Å²) in [5, 5.41) is 0. The van der Waals surface area contributed by atoms with Crippen molar-refractivity contribution in [3.63, 3.8) is 0 Å². The van der Waals surface area contributed by atoms with Crippen molar-refractivity contribution in [3.05, 3.63) is 65.7 Å². The Balaban J connectivity index is 1.59. The molecule has 0 aromatic heterocycles. The van der Waals surface area contributed by atoms with Gasteiger partial charge in [-0.15, -0.1) is 0 Å². The molecule has 0 N–H and O–H groups in total. The van der Waals surface area contributed by atoms with Crippen LogP contribution in [0.5, 0.6) is 5.75 Å². The second-order valence-corrected chi connectivity index (χ2v) is 7.77. The predicted molar refractivity (Wildman–Crippen MR) is 107 cm³/mol. The Bertz CT molecular complexity index is 775. The average Bonchev–Trinajstić information content (AvgIpc) is 3.05. The number of fused-ring (bicyclic) bond motifs is 1. The first kappa shape index (κ1) is 18.1. The van der Waals surface area contributed by atoms with Gasteiger partial charge in [-0.05, 0) is 43.1 Å². The first-order chi connectivity index (χ1) is 13.2. The normalized spacial score (nSPS) is 25.3. The number of rotatable bonds is 4. The summed E-state index contributed by atoms with van der Waals surface area (Å²) in [7, 11) is 3.89. The van der Waals surface area contributed by atoms with Crippen LogP contribution in [0.3, 0.4) is 0 Å². The van der Waals surface area contributed by atoms with Gasteiger partial charge in [-0.2, -0.15) is 0 Å². The van der Waals surface area contributed by atoms with E-state index in [1.165, 1.54) is 12.0 Å². The molecule has 0 bridgehead atoms. The highest BCUT2D eigenvalue weighted by atomic mass is 16.5. The SMILES string of the molecule is COc1ccc([C@H]2CN(C)[C@@H]3CCCN(C(=O)Cc4ccccc4)[C@H]23)cc1. The van der Waals surface area contributed by atoms with Crippen LogP contribution in [0.4, 0.5) is 0 Å². The van der Waals surface area contributed by atoms with E-state index in [9.17, 15) is 4.79 Å². The van der Waals surface area contributed by atoms with Crippen LogP contribution < -0.4 is 4.74 Å². The summed E-state index contributed by atoms with van der Waals surface area (Å²) in [6.07, 6.45) is 2.74. The summed E-state index contributed by atoms with van der Waals surface area (Å²) in [6, 6.07) is 19.2. The van der Waals surface area contributed by atoms with Crippen LogP contribution in [0.1, 0.15) is 29.9 Å². The number of carbonyl (C=O) groups excluding carboxylic acids is 1. The number of hydrogen-bond acceptors (Lipinski definition) is 3. The summed E-state index contributed by atoms with van der Waals surface area (Å²) in [4.78, 5) is 17.8. The van der Waals surface area contributed by atoms with Crippen molar-refractivity contribution in [2.75, 3.05) is 27.2 Å². The number of likely N-dealkylation sites (tertiary alicyclic amines) is 2. The highest BCUT2D eigenvalue weighted by molar-refractivity contribution is 5.79. The maximum absolute atomic E-state index is 13.2. The highest BCUT2D eigenvalue weighted by Crippen LogP contribution is 2.39. The number of nitrogens with zero attached hydrogens (tertiary/aromatic N) is 2. The molecule has 2 aromatic carbocycles. The number of amides is 1. The van der Waals surface area contributed by atoms with Crippen LogP contribution in [0.25, 0.3) is 0 Å². The first-order valence-corrected chi connectivity index (χ1v) is 9.85. The molecule has 2 saturated heterocycles. The minimum Gasteiger partial charge on any atom is -0.497 e. The Morgan fingerprint density at radius 3 is 2.56 bits per heavy atom. The topological polar surface area (TPSA) is 32.8 Å². The summed E-state index contributed by atoms with van der Waals surface area (Å²) < 4.78 is 5.31. The van der Waals surface area contributed by atoms with E-state index in [1.54, 1.807) is 7.11 Å². The summed E-state index contributed by atoms with van der Waals surface area (Å²) >= 11 is 0. The molecule has 4 nitrogen and oxygen atoms in total. The van der Waals surface area contributed by atoms with E-state index >= 15 is 0 Å². The molecule has 27 heavy (non-hydrogen) atoms. The second kappa shape index (κ2) is 7.73. The van der Waals surface area contributed by atoms with Crippen LogP contribution in [-0.2, 0) is 11.2 Å². The number of piperidine rings is 1. The minimum atomic E-state index is 0.254. The highest BCUT2D eigenvalue weighted by Gasteiger charge is 2.46. The summed E-state index contributed by atoms with van der Waals surface area (Å²) in [5.74, 6) is 1.48. The van der Waals surface area contributed by atoms with E-state index in [0.29, 0.717) is 18.4 Å². The fourth-order valence-electron chi connectivity index (χ4n) is 4.84. The van der Waals surface area contributed by atoms with Crippen LogP contribution in [0.15, 0.2) is 54.6 Å². The lowest BCUT2D eigenvalue weighted by Crippen LogP contribution is -2.53. The molecule has 4 rings (SSSR count). The van der Waals surface area contributed by atoms with Gasteiger partial charge in [0, 0.05) is 25.0 Å². The number of carbonyl (C=O) groups is 1. The lowest BCUT2D eigenvalue weighted by molar-refractivity contribution is -0.135. The Morgan fingerprint density at radius 1 is 1.11 bits per heavy atom. The zero-order valence-electron chi connectivity index (χ0n) is 16.2. The number of ether oxygens (including phenoxy) is 1. The minimum absolute atomic E-state index is 0.254. The Labute approximate surface area is 161 Å². The summed E-state index contributed by atoms with van der Waals surface area (Å²) in [5.41, 5.74) is 2.39. The fourth-order valence-corrected chi connectivity index (χ4v) is 4.84. The van der Waals surface area contributed by atoms with Gasteiger partial charge in [0.2, 0.25) is 5.91 Å². The van der Waals surface area contributed by atoms with Gasteiger partial charge >= 0.3 is 0 Å². The third-order valence-electron chi connectivity index (χ3n) is 6.18. The molecule has 2 fully saturated rings. The molecule has 142 valence electrons. The van der Waals surface area contributed by atoms with E-state index in [-0.39, 0.29) is 11.9 Å². The van der Waals surface area contributed by atoms with Gasteiger partial charge in [0.25, 0.3) is 0 Å². The molecule has 0 spiro atoms. The van der Waals surface area contributed by atoms with Crippen molar-refractivity contribution in [2.45, 2.75) is 37.3 Å². The maximum atomic E-state index is 13.2. The molecule has 0 saturated carbocycles. The second-order valence-electron chi connectivity index (χ2n) is 7.77. The van der Waals surface area contributed by atoms with Crippen LogP contribution in [-0.4, -0.2) is 55.0 Å². The smallest absolute Gasteiger partial charge is 0.227 e. The zero-order valence-corrected chi connectivity index (χ0v) is 16.2. The monoisotopic (exact) mass is 364 g/mol. The molecule has 3 atom stereocenters. The fraction of sp³-hybridized carbons (Fsp3) is 0.435. The molecular weight excluding hydrogens is 336 g/mol. The van der Waals surface area contributed by atoms with Crippen molar-refractivity contribution in [1.82, 2.24) is 9.80 Å². The van der Waals surface area contributed by atoms with Crippen molar-refractivity contribution >= 4 is 5.91 Å². The van der Waals surface area contributed by atoms with E-state index < -0.39 is 0 Å². The molecule has 2 heterocycles. The predicted octanol–water partition coefficient (Wildman–Crippen LogP) is 3.33. The molecule has 0 radical (unpaired) electrons. The Morgan fingerprint density at radius 2 is 1.85 bits per heavy atom. The molecule has 2 aliphatic heterocycles. The Hall–Kier alpha value is -2.33. The third kappa shape index (κ3) is 3.59. The standard InChI is InChI=1S/C23H28N2O2/c1-24-16-20(18-10-12-19(27-2)13-11-18)23-21(24)9-6-14-25(23)22(26)15-17-7-4-3-5-8-17/h3-5,7-8,10-13,20-21,23H,6,9,14-16H2,1-2H3/t20-,21-,23-/m1/s1. The molecule has 1 amide bonds. The van der Waals surface area contributed by atoms with Gasteiger partial charge in [-0.3, -0.25) is 4.79 Å². The lowest BCUT2D eigenvalue weighted by atomic mass is 9.85. The quantitative estimate of drug-likeness (QED) is 0.834. The largest absolute Gasteiger partial charge is 0.497 e. The molecule has 0 aliphatic carbocycles. The number of benzene rings is 2. The van der Waals surface area contributed by atoms with E-state index in [0.717, 1.165) is 30.8 Å². The number of methoxy groups -OCH3 is 1. The van der Waals surface area contributed by atoms with Crippen LogP contribution in [0, 0.1) is 0 Å². The van der Waals surface area contributed by atoms with Gasteiger partial charge in [-0.25, -0.2) is 0 Å². The van der Waals surface area contributed by atoms with Gasteiger partial charge in [0.05, 0.1) is 19.6 Å². The van der Waals surface area contributed by atoms with Crippen molar-refractivity contribution in [3.8, 4) is 5.75 Å². The van der Waals surface area contributed by atoms with Crippen molar-refractivity contribution in [1.29, 1.82) is 0 Å². The van der Waals surface area contributed by atoms with Gasteiger partial charge in [-0.1, -0.05) is 42.5 Å². The van der Waals surface area contributed by atoms with Crippen LogP contribution in [0.2, 0.25) is 0 Å². The molecule has 4 heteroatoms. The van der Waals surface area contributed by atoms with Gasteiger partial charge in [0.1, 0.15) is 5.75 Å². The van der Waals surface area contributed by atoms with Crippen molar-refractivity contribution < 1.29 is 9.53 Å². The van der Waals surface area contributed by atoms with E-state index in [1.807, 2.05) is 42.5 Å². The molecule has 0 unspecified atom stereocenters. The van der Waals surface area contributed by atoms with Gasteiger partial charge < -0.3 is 14.5 Å². The zero-order chi connectivity index (χ0) is 18.8. The van der Waals surface area contributed by atoms with E-state index in [4.69, 9.17) is 4.74 Å². The Kier molecular flexibility index (Phi) is 5.17. The molecular formula is C23H28N2O2. The van der Waals surface area contributed by atoms with E-state index in [2.05, 4.69) is 29.0 Å². The average molecular weight is 364 g/mol. The molecule has 2 aliphatic rings. The van der Waals surface area contributed by atoms with Crippen LogP contribution >= 0.6 is 0 Å². The van der Waals surface area contributed by atoms with Gasteiger partial charge in [0.15, 0.2) is 0 Å². The number of hydrogen-bond donors (Lipinski definition) is 0. The lowest BCUT2D eigenvalue weighted by Gasteiger charge is -2.41.